The maximum absolute atomic E-state index is 13.4. The summed E-state index contributed by atoms with van der Waals surface area (Å²) in [5.41, 5.74) is 1.41. The summed E-state index contributed by atoms with van der Waals surface area (Å²) in [6.45, 7) is 1.71. The quantitative estimate of drug-likeness (QED) is 0.351. The summed E-state index contributed by atoms with van der Waals surface area (Å²) in [7, 11) is 0. The predicted octanol–water partition coefficient (Wildman–Crippen LogP) is 3.77. The normalized spacial score (nSPS) is 15.0. The molecule has 3 aromatic heterocycles. The molecule has 0 bridgehead atoms. The van der Waals surface area contributed by atoms with Gasteiger partial charge in [-0.1, -0.05) is 12.1 Å². The second-order valence-corrected chi connectivity index (χ2v) is 7.26. The molecule has 4 heterocycles. The van der Waals surface area contributed by atoms with Crippen molar-refractivity contribution in [2.24, 2.45) is 0 Å². The first-order valence-electron chi connectivity index (χ1n) is 9.96. The van der Waals surface area contributed by atoms with Crippen molar-refractivity contribution in [1.82, 2.24) is 19.7 Å². The van der Waals surface area contributed by atoms with Gasteiger partial charge < -0.3 is 15.1 Å². The summed E-state index contributed by atoms with van der Waals surface area (Å²) in [6.07, 6.45) is 4.61. The minimum atomic E-state index is -0.907. The molecule has 0 saturated heterocycles. The molecule has 0 unspecified atom stereocenters. The number of anilines is 2. The van der Waals surface area contributed by atoms with Crippen LogP contribution in [0.15, 0.2) is 82.9 Å². The Morgan fingerprint density at radius 1 is 1.21 bits per heavy atom. The van der Waals surface area contributed by atoms with Crippen LogP contribution < -0.4 is 10.6 Å². The van der Waals surface area contributed by atoms with Gasteiger partial charge in [0.2, 0.25) is 11.8 Å². The monoisotopic (exact) mass is 443 g/mol. The van der Waals surface area contributed by atoms with E-state index in [9.17, 15) is 14.9 Å². The standard InChI is InChI=1S/C22H17N7O4/c1-13-18(21(30)25-14-6-4-10-23-12-14)19(15-7-2-3-8-16(15)29(31)32)28-22(24-13)26-20(27-28)17-9-5-11-33-17/h2-12,19H,1H3,(H,25,30)(H,24,26,27)/t19-/m0/s1. The SMILES string of the molecule is CC1=C(C(=O)Nc2cccnc2)[C@H](c2ccccc2[N+](=O)[O-])n2nc(-c3ccco3)nc2N1. The van der Waals surface area contributed by atoms with Gasteiger partial charge in [-0.05, 0) is 37.3 Å². The number of nitrogens with one attached hydrogen (secondary N) is 2. The van der Waals surface area contributed by atoms with Gasteiger partial charge in [0.05, 0.1) is 34.2 Å². The molecule has 11 nitrogen and oxygen atoms in total. The molecule has 1 aromatic carbocycles. The smallest absolute Gasteiger partial charge is 0.275 e. The Morgan fingerprint density at radius 2 is 2.06 bits per heavy atom. The number of allylic oxidation sites excluding steroid dienone is 1. The number of nitrogens with zero attached hydrogens (tertiary/aromatic N) is 5. The van der Waals surface area contributed by atoms with Crippen LogP contribution in [0.25, 0.3) is 11.6 Å². The highest BCUT2D eigenvalue weighted by Gasteiger charge is 2.38. The van der Waals surface area contributed by atoms with Crippen molar-refractivity contribution in [3.05, 3.63) is 94.1 Å². The van der Waals surface area contributed by atoms with E-state index >= 15 is 0 Å². The van der Waals surface area contributed by atoms with Crippen LogP contribution in [0.3, 0.4) is 0 Å². The van der Waals surface area contributed by atoms with Crippen molar-refractivity contribution < 1.29 is 14.1 Å². The number of amides is 1. The van der Waals surface area contributed by atoms with Crippen molar-refractivity contribution in [2.45, 2.75) is 13.0 Å². The first-order valence-corrected chi connectivity index (χ1v) is 9.96. The molecule has 1 atom stereocenters. The molecule has 0 radical (unpaired) electrons. The number of furan rings is 1. The number of nitro benzene ring substituents is 1. The fourth-order valence-electron chi connectivity index (χ4n) is 3.76. The van der Waals surface area contributed by atoms with E-state index in [-0.39, 0.29) is 17.1 Å². The van der Waals surface area contributed by atoms with Gasteiger partial charge in [-0.3, -0.25) is 19.9 Å². The number of carbonyl (C=O) groups excluding carboxylic acids is 1. The number of rotatable bonds is 5. The van der Waals surface area contributed by atoms with E-state index in [0.29, 0.717) is 28.7 Å². The fourth-order valence-corrected chi connectivity index (χ4v) is 3.76. The van der Waals surface area contributed by atoms with Crippen LogP contribution in [0.2, 0.25) is 0 Å². The maximum Gasteiger partial charge on any atom is 0.275 e. The van der Waals surface area contributed by atoms with Gasteiger partial charge in [-0.25, -0.2) is 4.68 Å². The van der Waals surface area contributed by atoms with Gasteiger partial charge in [-0.2, -0.15) is 4.98 Å². The Labute approximate surface area is 186 Å². The zero-order valence-corrected chi connectivity index (χ0v) is 17.3. The van der Waals surface area contributed by atoms with E-state index in [2.05, 4.69) is 25.7 Å². The minimum Gasteiger partial charge on any atom is -0.461 e. The lowest BCUT2D eigenvalue weighted by Gasteiger charge is -2.28. The van der Waals surface area contributed by atoms with Gasteiger partial charge in [0.25, 0.3) is 11.6 Å². The second-order valence-electron chi connectivity index (χ2n) is 7.26. The van der Waals surface area contributed by atoms with Gasteiger partial charge >= 0.3 is 0 Å². The summed E-state index contributed by atoms with van der Waals surface area (Å²) in [5.74, 6) is 0.601. The Morgan fingerprint density at radius 3 is 2.79 bits per heavy atom. The van der Waals surface area contributed by atoms with Crippen LogP contribution in [-0.2, 0) is 4.79 Å². The number of benzene rings is 1. The zero-order chi connectivity index (χ0) is 22.9. The Kier molecular flexibility index (Phi) is 4.90. The molecule has 164 valence electrons. The molecule has 0 saturated carbocycles. The van der Waals surface area contributed by atoms with Crippen molar-refractivity contribution in [1.29, 1.82) is 0 Å². The third kappa shape index (κ3) is 3.61. The largest absolute Gasteiger partial charge is 0.461 e. The third-order valence-electron chi connectivity index (χ3n) is 5.19. The number of nitro groups is 1. The van der Waals surface area contributed by atoms with Gasteiger partial charge in [0.1, 0.15) is 6.04 Å². The lowest BCUT2D eigenvalue weighted by molar-refractivity contribution is -0.385. The highest BCUT2D eigenvalue weighted by atomic mass is 16.6. The summed E-state index contributed by atoms with van der Waals surface area (Å²) < 4.78 is 6.87. The number of para-hydroxylation sites is 1. The molecule has 2 N–H and O–H groups in total. The van der Waals surface area contributed by atoms with E-state index in [1.165, 1.54) is 23.2 Å². The van der Waals surface area contributed by atoms with E-state index < -0.39 is 16.9 Å². The number of pyridine rings is 1. The number of hydrogen-bond donors (Lipinski definition) is 2. The van der Waals surface area contributed by atoms with Crippen LogP contribution in [0.4, 0.5) is 17.3 Å². The summed E-state index contributed by atoms with van der Waals surface area (Å²) in [6, 6.07) is 12.2. The Bertz CT molecular complexity index is 1380. The molecule has 5 rings (SSSR count). The molecule has 4 aromatic rings. The number of fused-ring (bicyclic) bond motifs is 1. The highest BCUT2D eigenvalue weighted by molar-refractivity contribution is 6.06. The number of aromatic nitrogens is 4. The Balaban J connectivity index is 1.66. The van der Waals surface area contributed by atoms with Crippen molar-refractivity contribution in [3.63, 3.8) is 0 Å². The summed E-state index contributed by atoms with van der Waals surface area (Å²) in [4.78, 5) is 33.2. The first kappa shape index (κ1) is 20.1. The van der Waals surface area contributed by atoms with Crippen LogP contribution in [0.1, 0.15) is 18.5 Å². The van der Waals surface area contributed by atoms with E-state index in [0.717, 1.165) is 0 Å². The first-order chi connectivity index (χ1) is 16.0. The molecule has 11 heteroatoms. The van der Waals surface area contributed by atoms with Crippen LogP contribution in [-0.4, -0.2) is 30.6 Å². The Hall–Kier alpha value is -4.80. The average Bonchev–Trinajstić information content (AvgIpc) is 3.48. The minimum absolute atomic E-state index is 0.134. The van der Waals surface area contributed by atoms with Crippen molar-refractivity contribution in [3.8, 4) is 11.6 Å². The molecule has 0 fully saturated rings. The third-order valence-corrected chi connectivity index (χ3v) is 5.19. The van der Waals surface area contributed by atoms with Crippen molar-refractivity contribution >= 4 is 23.2 Å². The van der Waals surface area contributed by atoms with E-state index in [4.69, 9.17) is 4.42 Å². The predicted molar refractivity (Wildman–Crippen MR) is 118 cm³/mol. The lowest BCUT2D eigenvalue weighted by Crippen LogP contribution is -2.32. The van der Waals surface area contributed by atoms with Crippen LogP contribution in [0.5, 0.6) is 0 Å². The fraction of sp³-hybridized carbons (Fsp3) is 0.0909. The van der Waals surface area contributed by atoms with Crippen LogP contribution in [0, 0.1) is 10.1 Å². The second kappa shape index (κ2) is 8.04. The summed E-state index contributed by atoms with van der Waals surface area (Å²) >= 11 is 0. The molecular weight excluding hydrogens is 426 g/mol. The molecule has 1 aliphatic rings. The molecule has 1 amide bonds. The highest BCUT2D eigenvalue weighted by Crippen LogP contribution is 2.40. The number of hydrogen-bond acceptors (Lipinski definition) is 8. The number of carbonyl (C=O) groups is 1. The zero-order valence-electron chi connectivity index (χ0n) is 17.3. The topological polar surface area (TPSA) is 141 Å². The van der Waals surface area contributed by atoms with Crippen LogP contribution >= 0.6 is 0 Å². The average molecular weight is 443 g/mol. The molecular formula is C22H17N7O4. The van der Waals surface area contributed by atoms with E-state index in [1.807, 2.05) is 0 Å². The van der Waals surface area contributed by atoms with Crippen molar-refractivity contribution in [2.75, 3.05) is 10.6 Å². The molecule has 1 aliphatic heterocycles. The molecule has 0 spiro atoms. The van der Waals surface area contributed by atoms with E-state index in [1.54, 1.807) is 55.6 Å². The maximum atomic E-state index is 13.4. The molecule has 0 aliphatic carbocycles. The van der Waals surface area contributed by atoms with Gasteiger partial charge in [-0.15, -0.1) is 5.10 Å². The summed E-state index contributed by atoms with van der Waals surface area (Å²) in [5, 5.41) is 22.2. The van der Waals surface area contributed by atoms with Gasteiger partial charge in [0.15, 0.2) is 5.76 Å². The lowest BCUT2D eigenvalue weighted by atomic mass is 9.93. The van der Waals surface area contributed by atoms with Gasteiger partial charge in [0, 0.05) is 18.0 Å². The molecule has 33 heavy (non-hydrogen) atoms.